The zero-order valence-corrected chi connectivity index (χ0v) is 19.6. The number of thioether (sulfide) groups is 1. The molecule has 2 aliphatic heterocycles. The number of nitrogens with zero attached hydrogens (tertiary/aromatic N) is 2. The Labute approximate surface area is 202 Å². The standard InChI is InChI=1S/C20H22N4O10S/c1-8(33-9(2)25)15(34-20(21)30)10-7-35-18-13(17(27)24(18)14(10)19(28)29)22-16(26)12(23-31-3)11-5-4-6-32-11/h4-6,8,13,15,18H,7H2,1-3H3,(H2,21,30)(H,22,26)(H,28,29)/b23-12-/t8?,13-,15?,18+/m1/s1. The lowest BCUT2D eigenvalue weighted by Gasteiger charge is -2.50. The second kappa shape index (κ2) is 10.5. The van der Waals surface area contributed by atoms with Crippen molar-refractivity contribution < 1.29 is 47.8 Å². The molecule has 188 valence electrons. The van der Waals surface area contributed by atoms with Crippen LogP contribution in [0, 0.1) is 0 Å². The summed E-state index contributed by atoms with van der Waals surface area (Å²) >= 11 is 1.11. The lowest BCUT2D eigenvalue weighted by atomic mass is 9.98. The van der Waals surface area contributed by atoms with Crippen LogP contribution in [0.25, 0.3) is 0 Å². The average Bonchev–Trinajstić information content (AvgIpc) is 3.32. The van der Waals surface area contributed by atoms with Gasteiger partial charge >= 0.3 is 18.0 Å². The predicted molar refractivity (Wildman–Crippen MR) is 118 cm³/mol. The SMILES string of the molecule is CO/N=C(\C(=O)N[C@@H]1C(=O)N2C(C(=O)O)=C(C(OC(N)=O)C(C)OC(C)=O)CS[C@@H]12)c1ccco1. The number of furan rings is 1. The number of nitrogens with one attached hydrogen (secondary N) is 1. The van der Waals surface area contributed by atoms with E-state index in [9.17, 15) is 29.1 Å². The maximum absolute atomic E-state index is 12.9. The van der Waals surface area contributed by atoms with E-state index in [0.29, 0.717) is 0 Å². The predicted octanol–water partition coefficient (Wildman–Crippen LogP) is -0.216. The first kappa shape index (κ1) is 25.6. The summed E-state index contributed by atoms with van der Waals surface area (Å²) in [5.74, 6) is -3.59. The number of fused-ring (bicyclic) bond motifs is 1. The molecule has 0 bridgehead atoms. The van der Waals surface area contributed by atoms with Gasteiger partial charge in [-0.2, -0.15) is 0 Å². The Balaban J connectivity index is 1.87. The summed E-state index contributed by atoms with van der Waals surface area (Å²) in [6, 6.07) is 1.93. The fourth-order valence-corrected chi connectivity index (χ4v) is 5.06. The molecule has 2 unspecified atom stereocenters. The van der Waals surface area contributed by atoms with Crippen LogP contribution >= 0.6 is 11.8 Å². The number of carbonyl (C=O) groups is 5. The molecule has 4 N–H and O–H groups in total. The van der Waals surface area contributed by atoms with Crippen molar-refractivity contribution in [3.63, 3.8) is 0 Å². The molecular formula is C20H22N4O10S. The number of nitrogens with two attached hydrogens (primary N) is 1. The van der Waals surface area contributed by atoms with Crippen LogP contribution in [0.2, 0.25) is 0 Å². The zero-order valence-electron chi connectivity index (χ0n) is 18.8. The average molecular weight is 510 g/mol. The minimum Gasteiger partial charge on any atom is -0.477 e. The number of carboxylic acid groups (broad SMARTS) is 1. The van der Waals surface area contributed by atoms with Gasteiger partial charge in [0, 0.05) is 18.2 Å². The third-order valence-corrected chi connectivity index (χ3v) is 6.31. The summed E-state index contributed by atoms with van der Waals surface area (Å²) in [6.45, 7) is 2.52. The third-order valence-electron chi connectivity index (χ3n) is 5.00. The molecule has 1 aromatic heterocycles. The third kappa shape index (κ3) is 5.24. The quantitative estimate of drug-likeness (QED) is 0.172. The van der Waals surface area contributed by atoms with Crippen LogP contribution in [0.4, 0.5) is 4.79 Å². The van der Waals surface area contributed by atoms with Crippen LogP contribution in [0.1, 0.15) is 19.6 Å². The van der Waals surface area contributed by atoms with Crippen molar-refractivity contribution in [3.8, 4) is 0 Å². The van der Waals surface area contributed by atoms with Crippen LogP contribution in [0.3, 0.4) is 0 Å². The van der Waals surface area contributed by atoms with Crippen LogP contribution < -0.4 is 11.1 Å². The molecule has 3 amide bonds. The van der Waals surface area contributed by atoms with Gasteiger partial charge in [0.05, 0.1) is 6.26 Å². The Morgan fingerprint density at radius 3 is 2.60 bits per heavy atom. The number of hydrogen-bond acceptors (Lipinski definition) is 11. The van der Waals surface area contributed by atoms with E-state index in [-0.39, 0.29) is 22.8 Å². The highest BCUT2D eigenvalue weighted by Gasteiger charge is 2.55. The minimum atomic E-state index is -1.48. The summed E-state index contributed by atoms with van der Waals surface area (Å²) < 4.78 is 15.3. The van der Waals surface area contributed by atoms with E-state index in [2.05, 4.69) is 15.3 Å². The highest BCUT2D eigenvalue weighted by Crippen LogP contribution is 2.42. The van der Waals surface area contributed by atoms with E-state index >= 15 is 0 Å². The minimum absolute atomic E-state index is 0.0154. The highest BCUT2D eigenvalue weighted by molar-refractivity contribution is 8.00. The number of esters is 1. The molecule has 1 saturated heterocycles. The lowest BCUT2D eigenvalue weighted by molar-refractivity contribution is -0.151. The van der Waals surface area contributed by atoms with Crippen LogP contribution in [0.5, 0.6) is 0 Å². The summed E-state index contributed by atoms with van der Waals surface area (Å²) in [5, 5.41) is 15.2. The first-order chi connectivity index (χ1) is 16.6. The molecule has 3 heterocycles. The monoisotopic (exact) mass is 510 g/mol. The van der Waals surface area contributed by atoms with Gasteiger partial charge in [0.25, 0.3) is 11.8 Å². The number of oxime groups is 1. The Bertz CT molecular complexity index is 1100. The number of rotatable bonds is 9. The van der Waals surface area contributed by atoms with Gasteiger partial charge in [-0.15, -0.1) is 11.8 Å². The van der Waals surface area contributed by atoms with E-state index in [1.807, 2.05) is 0 Å². The van der Waals surface area contributed by atoms with Gasteiger partial charge in [-0.1, -0.05) is 5.16 Å². The molecule has 0 aliphatic carbocycles. The van der Waals surface area contributed by atoms with Crippen LogP contribution in [-0.4, -0.2) is 82.1 Å². The summed E-state index contributed by atoms with van der Waals surface area (Å²) in [4.78, 5) is 66.3. The molecule has 1 fully saturated rings. The van der Waals surface area contributed by atoms with Crippen molar-refractivity contribution >= 4 is 47.3 Å². The topological polar surface area (TPSA) is 200 Å². The Kier molecular flexibility index (Phi) is 7.68. The number of amides is 3. The van der Waals surface area contributed by atoms with E-state index < -0.39 is 59.2 Å². The summed E-state index contributed by atoms with van der Waals surface area (Å²) in [5.41, 5.74) is 4.47. The lowest BCUT2D eigenvalue weighted by Crippen LogP contribution is -2.71. The van der Waals surface area contributed by atoms with E-state index in [0.717, 1.165) is 23.6 Å². The molecule has 2 aliphatic rings. The van der Waals surface area contributed by atoms with Crippen LogP contribution in [0.15, 0.2) is 39.2 Å². The number of primary amides is 1. The normalized spacial score (nSPS) is 21.3. The second-order valence-electron chi connectivity index (χ2n) is 7.31. The summed E-state index contributed by atoms with van der Waals surface area (Å²) in [6.07, 6.45) is -2.33. The summed E-state index contributed by atoms with van der Waals surface area (Å²) in [7, 11) is 1.23. The van der Waals surface area contributed by atoms with Gasteiger partial charge in [-0.25, -0.2) is 9.59 Å². The van der Waals surface area contributed by atoms with Crippen molar-refractivity contribution in [2.45, 2.75) is 37.5 Å². The molecule has 0 saturated carbocycles. The Morgan fingerprint density at radius 1 is 1.34 bits per heavy atom. The highest BCUT2D eigenvalue weighted by atomic mass is 32.2. The molecule has 35 heavy (non-hydrogen) atoms. The van der Waals surface area contributed by atoms with Crippen molar-refractivity contribution in [1.82, 2.24) is 10.2 Å². The van der Waals surface area contributed by atoms with E-state index in [1.165, 1.54) is 32.4 Å². The van der Waals surface area contributed by atoms with Gasteiger partial charge in [0.1, 0.15) is 30.3 Å². The van der Waals surface area contributed by atoms with E-state index in [1.54, 1.807) is 0 Å². The first-order valence-electron chi connectivity index (χ1n) is 10.1. The molecule has 0 spiro atoms. The molecule has 3 rings (SSSR count). The molecule has 0 aromatic carbocycles. The smallest absolute Gasteiger partial charge is 0.405 e. The Hall–Kier alpha value is -4.01. The molecule has 1 aromatic rings. The first-order valence-corrected chi connectivity index (χ1v) is 11.1. The second-order valence-corrected chi connectivity index (χ2v) is 8.42. The van der Waals surface area contributed by atoms with E-state index in [4.69, 9.17) is 19.6 Å². The van der Waals surface area contributed by atoms with Crippen molar-refractivity contribution in [2.24, 2.45) is 10.9 Å². The van der Waals surface area contributed by atoms with Crippen LogP contribution in [-0.2, 0) is 33.5 Å². The number of aliphatic carboxylic acids is 1. The fraction of sp³-hybridized carbons (Fsp3) is 0.400. The fourth-order valence-electron chi connectivity index (χ4n) is 3.67. The number of β-lactam (4-membered cyclic amide) rings is 1. The van der Waals surface area contributed by atoms with Gasteiger partial charge in [0.15, 0.2) is 11.9 Å². The zero-order chi connectivity index (χ0) is 25.9. The van der Waals surface area contributed by atoms with Gasteiger partial charge in [-0.3, -0.25) is 19.3 Å². The molecule has 15 heteroatoms. The number of carbonyl (C=O) groups excluding carboxylic acids is 4. The van der Waals surface area contributed by atoms with Crippen molar-refractivity contribution in [3.05, 3.63) is 35.4 Å². The van der Waals surface area contributed by atoms with Gasteiger partial charge in [-0.05, 0) is 19.1 Å². The van der Waals surface area contributed by atoms with Crippen molar-refractivity contribution in [2.75, 3.05) is 12.9 Å². The number of hydrogen-bond donors (Lipinski definition) is 3. The maximum atomic E-state index is 12.9. The Morgan fingerprint density at radius 2 is 2.06 bits per heavy atom. The molecule has 0 radical (unpaired) electrons. The number of carboxylic acids is 1. The van der Waals surface area contributed by atoms with Gasteiger partial charge in [0.2, 0.25) is 5.71 Å². The maximum Gasteiger partial charge on any atom is 0.405 e. The molecular weight excluding hydrogens is 488 g/mol. The molecule has 14 nitrogen and oxygen atoms in total. The van der Waals surface area contributed by atoms with Gasteiger partial charge < -0.3 is 34.9 Å². The number of ether oxygens (including phenoxy) is 2. The van der Waals surface area contributed by atoms with Crippen molar-refractivity contribution in [1.29, 1.82) is 0 Å². The largest absolute Gasteiger partial charge is 0.477 e. The molecule has 4 atom stereocenters.